The number of amides is 4. The monoisotopic (exact) mass is 409 g/mol. The maximum atomic E-state index is 13.1. The summed E-state index contributed by atoms with van der Waals surface area (Å²) >= 11 is 0. The molecule has 3 heterocycles. The van der Waals surface area contributed by atoms with Crippen molar-refractivity contribution in [1.29, 1.82) is 0 Å². The Kier molecular flexibility index (Phi) is 7.43. The maximum absolute atomic E-state index is 13.1. The van der Waals surface area contributed by atoms with E-state index in [0.29, 0.717) is 26.1 Å². The Morgan fingerprint density at radius 1 is 1.14 bits per heavy atom. The van der Waals surface area contributed by atoms with Crippen molar-refractivity contribution in [3.63, 3.8) is 0 Å². The van der Waals surface area contributed by atoms with E-state index in [2.05, 4.69) is 16.0 Å². The second-order valence-corrected chi connectivity index (χ2v) is 7.84. The van der Waals surface area contributed by atoms with Crippen molar-refractivity contribution >= 4 is 23.6 Å². The molecular weight excluding hydrogens is 378 g/mol. The van der Waals surface area contributed by atoms with Crippen LogP contribution in [0.5, 0.6) is 0 Å². The highest BCUT2D eigenvalue weighted by Gasteiger charge is 2.40. The molecule has 29 heavy (non-hydrogen) atoms. The van der Waals surface area contributed by atoms with Gasteiger partial charge in [-0.25, -0.2) is 0 Å². The van der Waals surface area contributed by atoms with Crippen LogP contribution in [-0.4, -0.2) is 98.5 Å². The lowest BCUT2D eigenvalue weighted by molar-refractivity contribution is -0.153. The molecule has 3 aliphatic heterocycles. The summed E-state index contributed by atoms with van der Waals surface area (Å²) in [5.74, 6) is -0.966. The molecule has 0 bridgehead atoms. The van der Waals surface area contributed by atoms with E-state index in [1.165, 1.54) is 7.11 Å². The quantitative estimate of drug-likeness (QED) is 0.486. The van der Waals surface area contributed by atoms with Gasteiger partial charge in [-0.3, -0.25) is 19.2 Å². The van der Waals surface area contributed by atoms with Gasteiger partial charge < -0.3 is 30.5 Å². The number of carbonyl (C=O) groups excluding carboxylic acids is 4. The van der Waals surface area contributed by atoms with Crippen LogP contribution in [0.15, 0.2) is 0 Å². The molecule has 10 heteroatoms. The van der Waals surface area contributed by atoms with Gasteiger partial charge in [-0.05, 0) is 38.8 Å². The van der Waals surface area contributed by atoms with Gasteiger partial charge >= 0.3 is 0 Å². The summed E-state index contributed by atoms with van der Waals surface area (Å²) in [6.45, 7) is 2.87. The molecule has 162 valence electrons. The summed E-state index contributed by atoms with van der Waals surface area (Å²) in [5, 5.41) is 8.78. The number of ether oxygens (including phenoxy) is 1. The SMILES string of the molecule is COCC(=O)N1CCN(C(=O)C2CCNCC2)C(C(=O)NC2CCCNC2=O)C1. The standard InChI is InChI=1S/C19H31N5O5/c1-29-12-16(25)23-9-10-24(19(28)13-4-7-20-8-5-13)15(11-23)18(27)22-14-3-2-6-21-17(14)26/h13-15,20H,2-12H2,1H3,(H,21,26)(H,22,27). The molecule has 0 saturated carbocycles. The van der Waals surface area contributed by atoms with Gasteiger partial charge in [0.15, 0.2) is 0 Å². The predicted molar refractivity (Wildman–Crippen MR) is 104 cm³/mol. The number of methoxy groups -OCH3 is 1. The third kappa shape index (κ3) is 5.24. The lowest BCUT2D eigenvalue weighted by Gasteiger charge is -2.42. The van der Waals surface area contributed by atoms with E-state index >= 15 is 0 Å². The molecule has 0 aliphatic carbocycles. The van der Waals surface area contributed by atoms with Gasteiger partial charge in [0.05, 0.1) is 6.54 Å². The zero-order valence-corrected chi connectivity index (χ0v) is 16.9. The summed E-state index contributed by atoms with van der Waals surface area (Å²) in [7, 11) is 1.45. The Labute approximate surface area is 170 Å². The van der Waals surface area contributed by atoms with Crippen LogP contribution in [0.1, 0.15) is 25.7 Å². The van der Waals surface area contributed by atoms with Crippen LogP contribution in [0.25, 0.3) is 0 Å². The van der Waals surface area contributed by atoms with Crippen LogP contribution in [-0.2, 0) is 23.9 Å². The molecule has 4 amide bonds. The topological polar surface area (TPSA) is 120 Å². The summed E-state index contributed by atoms with van der Waals surface area (Å²) in [6.07, 6.45) is 2.83. The van der Waals surface area contributed by atoms with Gasteiger partial charge in [0.1, 0.15) is 18.7 Å². The molecule has 0 spiro atoms. The van der Waals surface area contributed by atoms with E-state index in [1.54, 1.807) is 9.80 Å². The highest BCUT2D eigenvalue weighted by atomic mass is 16.5. The zero-order chi connectivity index (χ0) is 20.8. The fraction of sp³-hybridized carbons (Fsp3) is 0.789. The molecule has 3 N–H and O–H groups in total. The van der Waals surface area contributed by atoms with E-state index in [4.69, 9.17) is 4.74 Å². The highest BCUT2D eigenvalue weighted by Crippen LogP contribution is 2.20. The molecule has 0 aromatic heterocycles. The number of nitrogens with one attached hydrogen (secondary N) is 3. The highest BCUT2D eigenvalue weighted by molar-refractivity contribution is 5.93. The number of piperazine rings is 1. The molecule has 0 aromatic rings. The first-order valence-electron chi connectivity index (χ1n) is 10.4. The molecule has 2 atom stereocenters. The average Bonchev–Trinajstić information content (AvgIpc) is 2.75. The van der Waals surface area contributed by atoms with Gasteiger partial charge in [0.2, 0.25) is 23.6 Å². The third-order valence-corrected chi connectivity index (χ3v) is 5.88. The number of nitrogens with zero attached hydrogens (tertiary/aromatic N) is 2. The van der Waals surface area contributed by atoms with Crippen molar-refractivity contribution in [3.05, 3.63) is 0 Å². The van der Waals surface area contributed by atoms with E-state index in [0.717, 1.165) is 32.4 Å². The van der Waals surface area contributed by atoms with Crippen LogP contribution in [0.3, 0.4) is 0 Å². The first-order chi connectivity index (χ1) is 14.0. The summed E-state index contributed by atoms with van der Waals surface area (Å²) in [4.78, 5) is 53.7. The summed E-state index contributed by atoms with van der Waals surface area (Å²) in [5.41, 5.74) is 0. The predicted octanol–water partition coefficient (Wildman–Crippen LogP) is -1.93. The molecule has 3 rings (SSSR count). The van der Waals surface area contributed by atoms with Gasteiger partial charge in [-0.1, -0.05) is 0 Å². The van der Waals surface area contributed by atoms with Gasteiger partial charge in [0, 0.05) is 32.7 Å². The van der Waals surface area contributed by atoms with Crippen molar-refractivity contribution in [1.82, 2.24) is 25.8 Å². The summed E-state index contributed by atoms with van der Waals surface area (Å²) in [6, 6.07) is -1.40. The first-order valence-corrected chi connectivity index (χ1v) is 10.4. The van der Waals surface area contributed by atoms with Crippen LogP contribution >= 0.6 is 0 Å². The second kappa shape index (κ2) is 10.0. The average molecular weight is 409 g/mol. The summed E-state index contributed by atoms with van der Waals surface area (Å²) < 4.78 is 4.93. The molecule has 0 radical (unpaired) electrons. The van der Waals surface area contributed by atoms with Crippen LogP contribution < -0.4 is 16.0 Å². The second-order valence-electron chi connectivity index (χ2n) is 7.84. The van der Waals surface area contributed by atoms with Crippen LogP contribution in [0.4, 0.5) is 0 Å². The normalized spacial score (nSPS) is 26.0. The number of hydrogen-bond acceptors (Lipinski definition) is 6. The van der Waals surface area contributed by atoms with E-state index in [9.17, 15) is 19.2 Å². The van der Waals surface area contributed by atoms with Gasteiger partial charge in [0.25, 0.3) is 0 Å². The van der Waals surface area contributed by atoms with E-state index in [-0.39, 0.29) is 42.7 Å². The fourth-order valence-electron chi connectivity index (χ4n) is 4.19. The minimum absolute atomic E-state index is 0.0430. The van der Waals surface area contributed by atoms with Crippen molar-refractivity contribution < 1.29 is 23.9 Å². The van der Waals surface area contributed by atoms with E-state index in [1.807, 2.05) is 0 Å². The molecule has 10 nitrogen and oxygen atoms in total. The minimum atomic E-state index is -0.804. The molecule has 3 saturated heterocycles. The Morgan fingerprint density at radius 3 is 2.59 bits per heavy atom. The largest absolute Gasteiger partial charge is 0.375 e. The Bertz CT molecular complexity index is 636. The maximum Gasteiger partial charge on any atom is 0.248 e. The number of rotatable bonds is 5. The fourth-order valence-corrected chi connectivity index (χ4v) is 4.19. The smallest absolute Gasteiger partial charge is 0.248 e. The number of hydrogen-bond donors (Lipinski definition) is 3. The van der Waals surface area contributed by atoms with E-state index < -0.39 is 12.1 Å². The van der Waals surface area contributed by atoms with Crippen LogP contribution in [0, 0.1) is 5.92 Å². The zero-order valence-electron chi connectivity index (χ0n) is 16.9. The molecule has 2 unspecified atom stereocenters. The molecule has 0 aromatic carbocycles. The Morgan fingerprint density at radius 2 is 1.90 bits per heavy atom. The van der Waals surface area contributed by atoms with Crippen molar-refractivity contribution in [2.45, 2.75) is 37.8 Å². The number of carbonyl (C=O) groups is 4. The lowest BCUT2D eigenvalue weighted by Crippen LogP contribution is -2.64. The first kappa shape index (κ1) is 21.5. The lowest BCUT2D eigenvalue weighted by atomic mass is 9.95. The Hall–Kier alpha value is -2.20. The molecule has 3 aliphatic rings. The number of piperidine rings is 2. The molecule has 3 fully saturated rings. The third-order valence-electron chi connectivity index (χ3n) is 5.88. The van der Waals surface area contributed by atoms with Crippen molar-refractivity contribution in [3.8, 4) is 0 Å². The van der Waals surface area contributed by atoms with Crippen molar-refractivity contribution in [2.24, 2.45) is 5.92 Å². The van der Waals surface area contributed by atoms with Crippen LogP contribution in [0.2, 0.25) is 0 Å². The minimum Gasteiger partial charge on any atom is -0.375 e. The van der Waals surface area contributed by atoms with Gasteiger partial charge in [-0.15, -0.1) is 0 Å². The van der Waals surface area contributed by atoms with Gasteiger partial charge in [-0.2, -0.15) is 0 Å². The Balaban J connectivity index is 1.72. The van der Waals surface area contributed by atoms with Crippen molar-refractivity contribution in [2.75, 3.05) is 53.0 Å². The molecular formula is C19H31N5O5.